The second-order valence-corrected chi connectivity index (χ2v) is 6.13. The van der Waals surface area contributed by atoms with Crippen molar-refractivity contribution in [2.75, 3.05) is 13.6 Å². The van der Waals surface area contributed by atoms with E-state index in [1.54, 1.807) is 11.3 Å². The monoisotopic (exact) mass is 429 g/mol. The molecular weight excluding hydrogens is 405 g/mol. The molecule has 0 fully saturated rings. The molecule has 3 nitrogen and oxygen atoms in total. The summed E-state index contributed by atoms with van der Waals surface area (Å²) in [4.78, 5) is 5.70. The summed E-state index contributed by atoms with van der Waals surface area (Å²) < 4.78 is 0. The fourth-order valence-corrected chi connectivity index (χ4v) is 2.93. The van der Waals surface area contributed by atoms with Gasteiger partial charge in [-0.25, -0.2) is 0 Å². The Morgan fingerprint density at radius 2 is 1.86 bits per heavy atom. The van der Waals surface area contributed by atoms with Crippen LogP contribution in [0.5, 0.6) is 0 Å². The molecule has 5 heteroatoms. The van der Waals surface area contributed by atoms with Gasteiger partial charge in [0.05, 0.1) is 6.04 Å². The minimum absolute atomic E-state index is 0. The molecule has 0 amide bonds. The Bertz CT molecular complexity index is 555. The Balaban J connectivity index is 0.00000242. The van der Waals surface area contributed by atoms with Crippen LogP contribution in [0.3, 0.4) is 0 Å². The van der Waals surface area contributed by atoms with Gasteiger partial charge in [0.1, 0.15) is 0 Å². The van der Waals surface area contributed by atoms with E-state index >= 15 is 0 Å². The van der Waals surface area contributed by atoms with Crippen molar-refractivity contribution in [2.45, 2.75) is 25.8 Å². The molecule has 120 valence electrons. The van der Waals surface area contributed by atoms with Gasteiger partial charge in [-0.3, -0.25) is 4.99 Å². The lowest BCUT2D eigenvalue weighted by Crippen LogP contribution is -2.40. The molecule has 1 heterocycles. The summed E-state index contributed by atoms with van der Waals surface area (Å²) in [6.07, 6.45) is 0. The molecule has 2 unspecified atom stereocenters. The number of nitrogens with zero attached hydrogens (tertiary/aromatic N) is 1. The molecule has 2 atom stereocenters. The largest absolute Gasteiger partial charge is 0.356 e. The van der Waals surface area contributed by atoms with Gasteiger partial charge in [0.2, 0.25) is 0 Å². The van der Waals surface area contributed by atoms with E-state index in [0.29, 0.717) is 5.92 Å². The molecule has 1 aromatic heterocycles. The maximum Gasteiger partial charge on any atom is 0.191 e. The van der Waals surface area contributed by atoms with Crippen molar-refractivity contribution in [2.24, 2.45) is 4.99 Å². The van der Waals surface area contributed by atoms with Crippen LogP contribution in [0.4, 0.5) is 0 Å². The molecule has 0 radical (unpaired) electrons. The lowest BCUT2D eigenvalue weighted by Gasteiger charge is -2.19. The minimum Gasteiger partial charge on any atom is -0.356 e. The predicted octanol–water partition coefficient (Wildman–Crippen LogP) is 4.40. The number of rotatable bonds is 5. The molecule has 0 spiro atoms. The number of hydrogen-bond donors (Lipinski definition) is 2. The van der Waals surface area contributed by atoms with Crippen LogP contribution in [0.15, 0.2) is 52.8 Å². The van der Waals surface area contributed by atoms with Crippen LogP contribution < -0.4 is 10.6 Å². The Hall–Kier alpha value is -1.08. The fourth-order valence-electron chi connectivity index (χ4n) is 2.15. The summed E-state index contributed by atoms with van der Waals surface area (Å²) in [6.45, 7) is 5.25. The van der Waals surface area contributed by atoms with E-state index in [-0.39, 0.29) is 30.0 Å². The smallest absolute Gasteiger partial charge is 0.191 e. The number of aliphatic imine (C=N–C) groups is 1. The first kappa shape index (κ1) is 19.0. The van der Waals surface area contributed by atoms with Crippen molar-refractivity contribution < 1.29 is 0 Å². The van der Waals surface area contributed by atoms with E-state index in [0.717, 1.165) is 12.5 Å². The fraction of sp³-hybridized carbons (Fsp3) is 0.353. The molecule has 0 bridgehead atoms. The van der Waals surface area contributed by atoms with Crippen LogP contribution in [-0.2, 0) is 0 Å². The highest BCUT2D eigenvalue weighted by Gasteiger charge is 2.10. The summed E-state index contributed by atoms with van der Waals surface area (Å²) in [7, 11) is 1.81. The first-order chi connectivity index (χ1) is 10.2. The van der Waals surface area contributed by atoms with Crippen LogP contribution in [0, 0.1) is 0 Å². The van der Waals surface area contributed by atoms with Gasteiger partial charge in [0.15, 0.2) is 5.96 Å². The first-order valence-electron chi connectivity index (χ1n) is 7.26. The molecule has 22 heavy (non-hydrogen) atoms. The van der Waals surface area contributed by atoms with Crippen LogP contribution in [0.2, 0.25) is 0 Å². The highest BCUT2D eigenvalue weighted by atomic mass is 127. The molecule has 2 aromatic rings. The van der Waals surface area contributed by atoms with Gasteiger partial charge in [0.25, 0.3) is 0 Å². The van der Waals surface area contributed by atoms with Gasteiger partial charge >= 0.3 is 0 Å². The summed E-state index contributed by atoms with van der Waals surface area (Å²) in [5, 5.41) is 8.95. The third-order valence-corrected chi connectivity index (χ3v) is 4.58. The molecule has 1 aromatic carbocycles. The molecular formula is C17H24IN3S. The van der Waals surface area contributed by atoms with Gasteiger partial charge in [-0.15, -0.1) is 35.3 Å². The van der Waals surface area contributed by atoms with Crippen molar-refractivity contribution in [3.05, 3.63) is 58.3 Å². The Labute approximate surface area is 154 Å². The zero-order valence-corrected chi connectivity index (χ0v) is 16.4. The van der Waals surface area contributed by atoms with E-state index in [2.05, 4.69) is 71.3 Å². The maximum atomic E-state index is 4.30. The second kappa shape index (κ2) is 9.84. The highest BCUT2D eigenvalue weighted by molar-refractivity contribution is 14.0. The Morgan fingerprint density at radius 3 is 2.45 bits per heavy atom. The van der Waals surface area contributed by atoms with Crippen molar-refractivity contribution in [3.63, 3.8) is 0 Å². The van der Waals surface area contributed by atoms with Crippen LogP contribution in [-0.4, -0.2) is 19.6 Å². The first-order valence-corrected chi connectivity index (χ1v) is 8.14. The van der Waals surface area contributed by atoms with E-state index in [1.165, 1.54) is 10.4 Å². The predicted molar refractivity (Wildman–Crippen MR) is 108 cm³/mol. The van der Waals surface area contributed by atoms with Crippen LogP contribution in [0.1, 0.15) is 36.2 Å². The molecule has 0 saturated heterocycles. The third kappa shape index (κ3) is 5.61. The third-order valence-electron chi connectivity index (χ3n) is 3.48. The van der Waals surface area contributed by atoms with Crippen molar-refractivity contribution in [1.82, 2.24) is 10.6 Å². The van der Waals surface area contributed by atoms with Gasteiger partial charge in [0, 0.05) is 24.4 Å². The molecule has 0 aliphatic carbocycles. The Kier molecular flexibility index (Phi) is 8.48. The minimum atomic E-state index is 0. The zero-order valence-electron chi connectivity index (χ0n) is 13.2. The van der Waals surface area contributed by atoms with Crippen molar-refractivity contribution >= 4 is 41.3 Å². The standard InChI is InChI=1S/C17H23N3S.HI/c1-13(16-10-7-11-21-16)12-19-17(18-3)20-14(2)15-8-5-4-6-9-15;/h4-11,13-14H,12H2,1-3H3,(H2,18,19,20);1H. The molecule has 0 aliphatic rings. The summed E-state index contributed by atoms with van der Waals surface area (Å²) in [5.74, 6) is 1.32. The highest BCUT2D eigenvalue weighted by Crippen LogP contribution is 2.19. The number of guanidine groups is 1. The number of nitrogens with one attached hydrogen (secondary N) is 2. The van der Waals surface area contributed by atoms with E-state index in [9.17, 15) is 0 Å². The van der Waals surface area contributed by atoms with E-state index in [1.807, 2.05) is 13.1 Å². The van der Waals surface area contributed by atoms with E-state index in [4.69, 9.17) is 0 Å². The number of hydrogen-bond acceptors (Lipinski definition) is 2. The quantitative estimate of drug-likeness (QED) is 0.420. The SMILES string of the molecule is CN=C(NCC(C)c1cccs1)NC(C)c1ccccc1.I. The number of benzene rings is 1. The average molecular weight is 429 g/mol. The van der Waals surface area contributed by atoms with Crippen LogP contribution >= 0.6 is 35.3 Å². The van der Waals surface area contributed by atoms with E-state index < -0.39 is 0 Å². The van der Waals surface area contributed by atoms with Crippen LogP contribution in [0.25, 0.3) is 0 Å². The van der Waals surface area contributed by atoms with Gasteiger partial charge < -0.3 is 10.6 Å². The summed E-state index contributed by atoms with van der Waals surface area (Å²) >= 11 is 1.80. The van der Waals surface area contributed by atoms with Crippen molar-refractivity contribution in [1.29, 1.82) is 0 Å². The number of thiophene rings is 1. The topological polar surface area (TPSA) is 36.4 Å². The Morgan fingerprint density at radius 1 is 1.14 bits per heavy atom. The normalized spacial score (nSPS) is 13.9. The average Bonchev–Trinajstić information content (AvgIpc) is 3.06. The molecule has 0 aliphatic heterocycles. The molecule has 2 rings (SSSR count). The maximum absolute atomic E-state index is 4.30. The molecule has 2 N–H and O–H groups in total. The number of halogens is 1. The zero-order chi connectivity index (χ0) is 15.1. The lowest BCUT2D eigenvalue weighted by molar-refractivity contribution is 0.661. The van der Waals surface area contributed by atoms with Gasteiger partial charge in [-0.1, -0.05) is 43.3 Å². The summed E-state index contributed by atoms with van der Waals surface area (Å²) in [5.41, 5.74) is 1.26. The summed E-state index contributed by atoms with van der Waals surface area (Å²) in [6, 6.07) is 14.9. The van der Waals surface area contributed by atoms with Gasteiger partial charge in [-0.2, -0.15) is 0 Å². The lowest BCUT2D eigenvalue weighted by atomic mass is 10.1. The van der Waals surface area contributed by atoms with Gasteiger partial charge in [-0.05, 0) is 23.9 Å². The van der Waals surface area contributed by atoms with Crippen molar-refractivity contribution in [3.8, 4) is 0 Å². The second-order valence-electron chi connectivity index (χ2n) is 5.15. The molecule has 0 saturated carbocycles.